The molecule has 6 unspecified atom stereocenters. The first-order valence-electron chi connectivity index (χ1n) is 20.4. The van der Waals surface area contributed by atoms with Crippen LogP contribution in [0.5, 0.6) is 0 Å². The second-order valence-electron chi connectivity index (χ2n) is 15.5. The smallest absolute Gasteiger partial charge is 0.394 e. The molecule has 0 radical (unpaired) electrons. The van der Waals surface area contributed by atoms with Crippen LogP contribution < -0.4 is 34.0 Å². The molecule has 5 aromatic rings. The van der Waals surface area contributed by atoms with Crippen molar-refractivity contribution >= 4 is 74.2 Å². The summed E-state index contributed by atoms with van der Waals surface area (Å²) >= 11 is 5.40. The van der Waals surface area contributed by atoms with Crippen LogP contribution in [0.2, 0.25) is 0 Å². The van der Waals surface area contributed by atoms with E-state index in [1.54, 1.807) is 0 Å². The highest BCUT2D eigenvalue weighted by Crippen LogP contribution is 2.54. The van der Waals surface area contributed by atoms with Gasteiger partial charge in [0, 0.05) is 34.6 Å². The van der Waals surface area contributed by atoms with E-state index in [0.717, 1.165) is 25.1 Å². The molecule has 71 heavy (non-hydrogen) atoms. The van der Waals surface area contributed by atoms with E-state index < -0.39 is 133 Å². The number of nitrogens with zero attached hydrogens (tertiary/aromatic N) is 8. The van der Waals surface area contributed by atoms with Crippen LogP contribution in [0.15, 0.2) is 39.3 Å². The number of aromatic nitrogens is 10. The Hall–Kier alpha value is -4.55. The highest BCUT2D eigenvalue weighted by Gasteiger charge is 2.55. The Labute approximate surface area is 401 Å². The van der Waals surface area contributed by atoms with Crippen molar-refractivity contribution < 1.29 is 84.5 Å². The molecule has 5 aromatic heterocycles. The van der Waals surface area contributed by atoms with Gasteiger partial charge in [-0.2, -0.15) is 15.0 Å². The number of aliphatic hydroxyl groups excluding tert-OH is 1. The summed E-state index contributed by atoms with van der Waals surface area (Å²) in [5.41, 5.74) is 14.5. The van der Waals surface area contributed by atoms with Crippen LogP contribution in [0.1, 0.15) is 18.7 Å². The predicted molar refractivity (Wildman–Crippen MR) is 239 cm³/mol. The number of methoxy groups -OCH3 is 3. The molecular weight excluding hydrogens is 1040 g/mol. The number of H-pyrrole nitrogens is 2. The molecule has 0 bridgehead atoms. The topological polar surface area (TPSA) is 466 Å². The third-order valence-electron chi connectivity index (χ3n) is 11.2. The van der Waals surface area contributed by atoms with Crippen molar-refractivity contribution in [2.45, 2.75) is 73.6 Å². The van der Waals surface area contributed by atoms with Gasteiger partial charge in [-0.15, -0.1) is 0 Å². The van der Waals surface area contributed by atoms with Gasteiger partial charge in [0.15, 0.2) is 41.0 Å². The summed E-state index contributed by atoms with van der Waals surface area (Å²) in [4.78, 5) is 96.0. The Morgan fingerprint density at radius 1 is 0.662 bits per heavy atom. The summed E-state index contributed by atoms with van der Waals surface area (Å²) < 4.78 is 97.9. The van der Waals surface area contributed by atoms with Crippen molar-refractivity contribution in [2.75, 3.05) is 65.5 Å². The number of phosphoric acid groups is 2. The zero-order valence-electron chi connectivity index (χ0n) is 37.1. The first kappa shape index (κ1) is 52.8. The SMILES string of the molecule is COC1[C@@H](OP(=O)(O)OC)[C@@H](COP(=O)(O)O[C@@H]2C(OC)[C@H](n3cnc4c(=O)[nH]c(N)nc43)O[C@@H]2COP(O)(=S)O[C@@H]2C(OC)[C@H](n3cnc4c(=O)[nH]c(N)nc43)O[C@@H]2CO)O[C@H]1n1ccc(N)nc1=O. The van der Waals surface area contributed by atoms with Crippen LogP contribution in [0.3, 0.4) is 0 Å². The fourth-order valence-corrected chi connectivity index (χ4v) is 11.2. The molecule has 0 spiro atoms. The normalized spacial score (nSPS) is 30.5. The van der Waals surface area contributed by atoms with Gasteiger partial charge in [0.05, 0.1) is 32.5 Å². The van der Waals surface area contributed by atoms with Crippen molar-refractivity contribution in [3.8, 4) is 0 Å². The number of nitrogens with one attached hydrogen (secondary N) is 2. The number of anilines is 3. The number of phosphoric ester groups is 2. The maximum Gasteiger partial charge on any atom is 0.472 e. The molecule has 3 aliphatic rings. The maximum absolute atomic E-state index is 14.0. The predicted octanol–water partition coefficient (Wildman–Crippen LogP) is -2.76. The van der Waals surface area contributed by atoms with E-state index in [9.17, 15) is 43.3 Å². The lowest BCUT2D eigenvalue weighted by molar-refractivity contribution is -0.0661. The fraction of sp³-hybridized carbons (Fsp3) is 0.576. The van der Waals surface area contributed by atoms with E-state index in [-0.39, 0.29) is 40.0 Å². The molecule has 390 valence electrons. The van der Waals surface area contributed by atoms with Crippen molar-refractivity contribution in [1.29, 1.82) is 0 Å². The van der Waals surface area contributed by atoms with Gasteiger partial charge in [0.25, 0.3) is 11.1 Å². The van der Waals surface area contributed by atoms with Crippen molar-refractivity contribution in [3.63, 3.8) is 0 Å². The molecular formula is C33H46N13O21P3S. The summed E-state index contributed by atoms with van der Waals surface area (Å²) in [6.45, 7) is -6.99. The molecule has 0 aromatic carbocycles. The van der Waals surface area contributed by atoms with Gasteiger partial charge in [-0.05, 0) is 17.9 Å². The number of hydrogen-bond donors (Lipinski definition) is 9. The monoisotopic (exact) mass is 1090 g/mol. The van der Waals surface area contributed by atoms with Crippen LogP contribution in [0.25, 0.3) is 22.3 Å². The van der Waals surface area contributed by atoms with Gasteiger partial charge in [-0.3, -0.25) is 55.9 Å². The van der Waals surface area contributed by atoms with Crippen LogP contribution in [0.4, 0.5) is 17.7 Å². The molecule has 15 atom stereocenters. The molecule has 8 heterocycles. The van der Waals surface area contributed by atoms with E-state index in [1.165, 1.54) is 41.9 Å². The summed E-state index contributed by atoms with van der Waals surface area (Å²) in [6.07, 6.45) is -13.7. The third kappa shape index (κ3) is 10.8. The molecule has 0 aliphatic carbocycles. The number of ether oxygens (including phenoxy) is 6. The second kappa shape index (κ2) is 20.8. The van der Waals surface area contributed by atoms with Crippen LogP contribution in [0, 0.1) is 0 Å². The average Bonchev–Trinajstić information content (AvgIpc) is 4.13. The molecule has 3 fully saturated rings. The van der Waals surface area contributed by atoms with Crippen LogP contribution in [-0.4, -0.2) is 172 Å². The Morgan fingerprint density at radius 3 is 1.58 bits per heavy atom. The average molecular weight is 1090 g/mol. The quantitative estimate of drug-likeness (QED) is 0.0356. The standard InChI is InChI=1S/C33H46N13O21P3S/c1-56-21-18(12(7-47)62-29(21)45-10-37-16-24(45)40-31(35)42-26(16)48)67-70(55,71)61-9-14-20(23(58-3)30(64-14)46-11-38-17-25(46)41-32(36)43-27(17)49)66-69(53,54)60-8-13-19(65-68(51,52)59-4)22(57-2)28(63-13)44-6-5-15(34)39-33(44)50/h5-6,10-14,18-23,28-30,47H,7-9H2,1-4H3,(H,51,52)(H,53,54)(H,55,71)(H2,34,39,50)(H3,35,40,42,48)(H3,36,41,43,49)/t12-,13-,14-,18+,19+,20+,21?,22?,23?,28-,29-,30-,70?/m1/s1. The van der Waals surface area contributed by atoms with Gasteiger partial charge < -0.3 is 69.9 Å². The Kier molecular flexibility index (Phi) is 15.4. The zero-order valence-corrected chi connectivity index (χ0v) is 40.6. The molecule has 38 heteroatoms. The van der Waals surface area contributed by atoms with E-state index in [2.05, 4.69) is 39.4 Å². The largest absolute Gasteiger partial charge is 0.472 e. The van der Waals surface area contributed by atoms with Gasteiger partial charge in [0.2, 0.25) is 11.9 Å². The highest BCUT2D eigenvalue weighted by atomic mass is 32.5. The van der Waals surface area contributed by atoms with E-state index >= 15 is 0 Å². The van der Waals surface area contributed by atoms with Gasteiger partial charge in [-0.25, -0.2) is 23.9 Å². The lowest BCUT2D eigenvalue weighted by Gasteiger charge is -2.28. The Morgan fingerprint density at radius 2 is 1.11 bits per heavy atom. The van der Waals surface area contributed by atoms with Crippen LogP contribution in [-0.2, 0) is 76.5 Å². The number of aliphatic hydroxyl groups is 1. The number of nitrogen functional groups attached to an aromatic ring is 3. The molecule has 3 saturated heterocycles. The number of aromatic amines is 2. The number of fused-ring (bicyclic) bond motifs is 2. The molecule has 0 saturated carbocycles. The summed E-state index contributed by atoms with van der Waals surface area (Å²) in [5, 5.41) is 10.3. The van der Waals surface area contributed by atoms with E-state index in [4.69, 9.17) is 80.0 Å². The minimum atomic E-state index is -5.42. The summed E-state index contributed by atoms with van der Waals surface area (Å²) in [7, 11) is -5.80. The molecule has 34 nitrogen and oxygen atoms in total. The lowest BCUT2D eigenvalue weighted by atomic mass is 10.1. The summed E-state index contributed by atoms with van der Waals surface area (Å²) in [5.74, 6) is -0.686. The third-order valence-corrected chi connectivity index (χ3v) is 14.7. The van der Waals surface area contributed by atoms with Crippen molar-refractivity contribution in [2.24, 2.45) is 0 Å². The van der Waals surface area contributed by atoms with Gasteiger partial charge in [0.1, 0.15) is 60.8 Å². The van der Waals surface area contributed by atoms with E-state index in [1.807, 2.05) is 0 Å². The maximum atomic E-state index is 14.0. The summed E-state index contributed by atoms with van der Waals surface area (Å²) in [6, 6.07) is 1.25. The molecule has 8 rings (SSSR count). The number of hydrogen-bond acceptors (Lipinski definition) is 27. The van der Waals surface area contributed by atoms with E-state index in [0.29, 0.717) is 0 Å². The van der Waals surface area contributed by atoms with Gasteiger partial charge in [-0.1, -0.05) is 0 Å². The van der Waals surface area contributed by atoms with Crippen molar-refractivity contribution in [3.05, 3.63) is 56.1 Å². The number of imidazole rings is 2. The zero-order chi connectivity index (χ0) is 51.3. The first-order valence-corrected chi connectivity index (χ1v) is 26.0. The Bertz CT molecular complexity index is 3090. The minimum Gasteiger partial charge on any atom is -0.394 e. The number of nitrogens with two attached hydrogens (primary N) is 3. The van der Waals surface area contributed by atoms with Crippen LogP contribution >= 0.6 is 22.4 Å². The lowest BCUT2D eigenvalue weighted by Crippen LogP contribution is -2.39. The second-order valence-corrected chi connectivity index (χ2v) is 21.2. The fourth-order valence-electron chi connectivity index (χ4n) is 8.12. The molecule has 12 N–H and O–H groups in total. The Balaban J connectivity index is 1.05. The van der Waals surface area contributed by atoms with Crippen molar-refractivity contribution in [1.82, 2.24) is 48.6 Å². The number of rotatable bonds is 20. The van der Waals surface area contributed by atoms with Gasteiger partial charge >= 0.3 is 28.1 Å². The minimum absolute atomic E-state index is 0.0118. The first-order chi connectivity index (χ1) is 33.6. The molecule has 0 amide bonds. The highest BCUT2D eigenvalue weighted by molar-refractivity contribution is 8.07. The molecule has 3 aliphatic heterocycles.